The van der Waals surface area contributed by atoms with Gasteiger partial charge in [-0.25, -0.2) is 0 Å². The number of anilines is 3. The van der Waals surface area contributed by atoms with Gasteiger partial charge in [-0.15, -0.1) is 0 Å². The van der Waals surface area contributed by atoms with Crippen LogP contribution in [0.4, 0.5) is 17.1 Å². The average molecular weight is 678 g/mol. The van der Waals surface area contributed by atoms with E-state index >= 15 is 0 Å². The van der Waals surface area contributed by atoms with Gasteiger partial charge in [0.25, 0.3) is 0 Å². The van der Waals surface area contributed by atoms with Gasteiger partial charge in [0.15, 0.2) is 0 Å². The van der Waals surface area contributed by atoms with Crippen LogP contribution >= 0.6 is 0 Å². The van der Waals surface area contributed by atoms with E-state index in [2.05, 4.69) is 194 Å². The van der Waals surface area contributed by atoms with Crippen molar-refractivity contribution in [1.82, 2.24) is 0 Å². The number of furan rings is 1. The van der Waals surface area contributed by atoms with Crippen molar-refractivity contribution in [2.45, 2.75) is 6.92 Å². The summed E-state index contributed by atoms with van der Waals surface area (Å²) in [6, 6.07) is 69.8. The Balaban J connectivity index is 1.06. The summed E-state index contributed by atoms with van der Waals surface area (Å²) in [4.78, 5) is 2.38. The Labute approximate surface area is 308 Å². The monoisotopic (exact) mass is 677 g/mol. The van der Waals surface area contributed by atoms with Crippen LogP contribution in [-0.4, -0.2) is 0 Å². The molecule has 0 amide bonds. The van der Waals surface area contributed by atoms with Gasteiger partial charge in [0.1, 0.15) is 11.3 Å². The zero-order valence-electron chi connectivity index (χ0n) is 29.3. The summed E-state index contributed by atoms with van der Waals surface area (Å²) in [5.41, 5.74) is 11.2. The van der Waals surface area contributed by atoms with E-state index in [-0.39, 0.29) is 0 Å². The first kappa shape index (κ1) is 30.9. The highest BCUT2D eigenvalue weighted by Gasteiger charge is 2.17. The number of hydrogen-bond acceptors (Lipinski definition) is 2. The van der Waals surface area contributed by atoms with Crippen molar-refractivity contribution >= 4 is 60.3 Å². The van der Waals surface area contributed by atoms with Gasteiger partial charge in [-0.3, -0.25) is 0 Å². The Hall–Kier alpha value is -6.90. The Morgan fingerprint density at radius 1 is 0.377 bits per heavy atom. The van der Waals surface area contributed by atoms with Crippen molar-refractivity contribution in [3.63, 3.8) is 0 Å². The summed E-state index contributed by atoms with van der Waals surface area (Å²) in [6.45, 7) is 2.14. The van der Waals surface area contributed by atoms with E-state index in [1.807, 2.05) is 12.1 Å². The zero-order valence-corrected chi connectivity index (χ0v) is 29.3. The lowest BCUT2D eigenvalue weighted by Crippen LogP contribution is -2.10. The number of nitrogens with zero attached hydrogens (tertiary/aromatic N) is 1. The molecule has 0 atom stereocenters. The lowest BCUT2D eigenvalue weighted by molar-refractivity contribution is 0.629. The Bertz CT molecular complexity index is 2950. The number of benzene rings is 9. The molecule has 0 aliphatic heterocycles. The fraction of sp³-hybridized carbons (Fsp3) is 0.0196. The first-order chi connectivity index (χ1) is 26.2. The van der Waals surface area contributed by atoms with Gasteiger partial charge in [-0.05, 0) is 105 Å². The third-order valence-corrected chi connectivity index (χ3v) is 10.6. The highest BCUT2D eigenvalue weighted by molar-refractivity contribution is 6.13. The van der Waals surface area contributed by atoms with Gasteiger partial charge in [-0.2, -0.15) is 0 Å². The summed E-state index contributed by atoms with van der Waals surface area (Å²) >= 11 is 0. The molecule has 0 radical (unpaired) electrons. The Morgan fingerprint density at radius 3 is 1.70 bits per heavy atom. The quantitative estimate of drug-likeness (QED) is 0.163. The van der Waals surface area contributed by atoms with Gasteiger partial charge < -0.3 is 9.32 Å². The molecule has 0 aliphatic carbocycles. The van der Waals surface area contributed by atoms with Crippen molar-refractivity contribution in [1.29, 1.82) is 0 Å². The minimum Gasteiger partial charge on any atom is -0.456 e. The minimum absolute atomic E-state index is 0.918. The van der Waals surface area contributed by atoms with E-state index in [9.17, 15) is 0 Å². The average Bonchev–Trinajstić information content (AvgIpc) is 3.57. The first-order valence-electron chi connectivity index (χ1n) is 18.2. The maximum atomic E-state index is 6.33. The van der Waals surface area contributed by atoms with Crippen LogP contribution in [0.1, 0.15) is 5.56 Å². The second-order valence-corrected chi connectivity index (χ2v) is 13.8. The standard InChI is InChI=1S/C51H35NO/c1-34-43-17-8-9-23-50(43)53-51(34)40-16-10-15-38(32-40)35-24-28-41(29-25-35)52(49-22-11-14-36-12-2-5-19-45(36)49)42-30-26-37(27-31-42)48-33-39-13-3-4-18-44(39)46-20-6-7-21-47(46)48/h2-33H,1H3. The lowest BCUT2D eigenvalue weighted by atomic mass is 9.93. The van der Waals surface area contributed by atoms with Gasteiger partial charge in [0.2, 0.25) is 0 Å². The van der Waals surface area contributed by atoms with Crippen molar-refractivity contribution in [3.8, 4) is 33.6 Å². The van der Waals surface area contributed by atoms with Crippen molar-refractivity contribution < 1.29 is 4.42 Å². The lowest BCUT2D eigenvalue weighted by Gasteiger charge is -2.27. The molecule has 10 rings (SSSR count). The molecule has 0 aliphatic rings. The molecule has 250 valence electrons. The number of fused-ring (bicyclic) bond motifs is 5. The number of rotatable bonds is 6. The molecular formula is C51H35NO. The van der Waals surface area contributed by atoms with Crippen LogP contribution in [0.15, 0.2) is 199 Å². The molecule has 10 aromatic rings. The van der Waals surface area contributed by atoms with E-state index in [0.29, 0.717) is 0 Å². The zero-order chi connectivity index (χ0) is 35.3. The molecular weight excluding hydrogens is 643 g/mol. The number of para-hydroxylation sites is 1. The molecule has 53 heavy (non-hydrogen) atoms. The van der Waals surface area contributed by atoms with Crippen LogP contribution in [0.5, 0.6) is 0 Å². The molecule has 0 unspecified atom stereocenters. The van der Waals surface area contributed by atoms with E-state index in [4.69, 9.17) is 4.42 Å². The third kappa shape index (κ3) is 5.35. The van der Waals surface area contributed by atoms with Crippen LogP contribution < -0.4 is 4.90 Å². The summed E-state index contributed by atoms with van der Waals surface area (Å²) < 4.78 is 6.33. The number of hydrogen-bond donors (Lipinski definition) is 0. The molecule has 9 aromatic carbocycles. The molecule has 0 saturated carbocycles. The molecule has 0 N–H and O–H groups in total. The van der Waals surface area contributed by atoms with E-state index in [1.54, 1.807) is 0 Å². The molecule has 1 heterocycles. The van der Waals surface area contributed by atoms with Gasteiger partial charge in [0.05, 0.1) is 5.69 Å². The first-order valence-corrected chi connectivity index (χ1v) is 18.2. The molecule has 2 nitrogen and oxygen atoms in total. The van der Waals surface area contributed by atoms with E-state index in [1.165, 1.54) is 49.0 Å². The normalized spacial score (nSPS) is 11.5. The van der Waals surface area contributed by atoms with E-state index < -0.39 is 0 Å². The predicted molar refractivity (Wildman–Crippen MR) is 224 cm³/mol. The van der Waals surface area contributed by atoms with Crippen molar-refractivity contribution in [2.75, 3.05) is 4.90 Å². The molecule has 0 bridgehead atoms. The summed E-state index contributed by atoms with van der Waals surface area (Å²) in [5.74, 6) is 0.923. The fourth-order valence-electron chi connectivity index (χ4n) is 8.01. The highest BCUT2D eigenvalue weighted by atomic mass is 16.3. The summed E-state index contributed by atoms with van der Waals surface area (Å²) in [5, 5.41) is 8.65. The van der Waals surface area contributed by atoms with Crippen LogP contribution in [0.25, 0.3) is 76.9 Å². The molecule has 0 fully saturated rings. The maximum Gasteiger partial charge on any atom is 0.138 e. The van der Waals surface area contributed by atoms with Crippen LogP contribution in [0.3, 0.4) is 0 Å². The summed E-state index contributed by atoms with van der Waals surface area (Å²) in [6.07, 6.45) is 0. The Morgan fingerprint density at radius 2 is 0.943 bits per heavy atom. The predicted octanol–water partition coefficient (Wildman–Crippen LogP) is 14.7. The molecule has 0 saturated heterocycles. The van der Waals surface area contributed by atoms with Crippen molar-refractivity contribution in [3.05, 3.63) is 200 Å². The molecule has 1 aromatic heterocycles. The largest absolute Gasteiger partial charge is 0.456 e. The highest BCUT2D eigenvalue weighted by Crippen LogP contribution is 2.42. The smallest absolute Gasteiger partial charge is 0.138 e. The van der Waals surface area contributed by atoms with Gasteiger partial charge in [-0.1, -0.05) is 146 Å². The van der Waals surface area contributed by atoms with E-state index in [0.717, 1.165) is 50.5 Å². The molecule has 0 spiro atoms. The second kappa shape index (κ2) is 12.7. The van der Waals surface area contributed by atoms with Crippen molar-refractivity contribution in [2.24, 2.45) is 0 Å². The molecule has 2 heteroatoms. The number of aryl methyl sites for hydroxylation is 1. The SMILES string of the molecule is Cc1c(-c2cccc(-c3ccc(N(c4ccc(-c5cc6ccccc6c6ccccc56)cc4)c4cccc5ccccc45)cc3)c2)oc2ccccc12. The third-order valence-electron chi connectivity index (χ3n) is 10.6. The fourth-order valence-corrected chi connectivity index (χ4v) is 8.01. The second-order valence-electron chi connectivity index (χ2n) is 13.8. The minimum atomic E-state index is 0.918. The van der Waals surface area contributed by atoms with Crippen LogP contribution in [-0.2, 0) is 0 Å². The van der Waals surface area contributed by atoms with Gasteiger partial charge >= 0.3 is 0 Å². The van der Waals surface area contributed by atoms with Crippen LogP contribution in [0.2, 0.25) is 0 Å². The van der Waals surface area contributed by atoms with Gasteiger partial charge in [0, 0.05) is 33.3 Å². The Kier molecular flexibility index (Phi) is 7.40. The topological polar surface area (TPSA) is 16.4 Å². The maximum absolute atomic E-state index is 6.33. The summed E-state index contributed by atoms with van der Waals surface area (Å²) in [7, 11) is 0. The van der Waals surface area contributed by atoms with Crippen LogP contribution in [0, 0.1) is 6.92 Å².